The number of hydrogen-bond donors (Lipinski definition) is 2. The molecule has 0 bridgehead atoms. The predicted molar refractivity (Wildman–Crippen MR) is 119 cm³/mol. The first-order valence-electron chi connectivity index (χ1n) is 9.60. The molecule has 4 rings (SSSR count). The fourth-order valence-corrected chi connectivity index (χ4v) is 3.50. The number of halogens is 1. The summed E-state index contributed by atoms with van der Waals surface area (Å²) in [6.07, 6.45) is 0. The predicted octanol–water partition coefficient (Wildman–Crippen LogP) is 3.83. The number of rotatable bonds is 4. The number of aromatic nitrogens is 1. The van der Waals surface area contributed by atoms with Crippen LogP contribution in [0.4, 0.5) is 10.1 Å². The van der Waals surface area contributed by atoms with Gasteiger partial charge in [-0.3, -0.25) is 14.2 Å². The van der Waals surface area contributed by atoms with E-state index in [0.29, 0.717) is 17.0 Å². The van der Waals surface area contributed by atoms with E-state index in [-0.39, 0.29) is 16.8 Å². The van der Waals surface area contributed by atoms with Gasteiger partial charge in [0.2, 0.25) is 0 Å². The molecule has 162 valence electrons. The number of carbonyl (C=O) groups excluding carboxylic acids is 1. The third-order valence-electron chi connectivity index (χ3n) is 5.18. The molecule has 0 spiro atoms. The molecular formula is C24H19FN2O5. The van der Waals surface area contributed by atoms with E-state index in [1.165, 1.54) is 61.2 Å². The van der Waals surface area contributed by atoms with E-state index < -0.39 is 28.6 Å². The van der Waals surface area contributed by atoms with Gasteiger partial charge >= 0.3 is 0 Å². The second-order valence-electron chi connectivity index (χ2n) is 7.11. The maximum absolute atomic E-state index is 13.7. The number of phenols is 1. The van der Waals surface area contributed by atoms with E-state index in [9.17, 15) is 24.2 Å². The van der Waals surface area contributed by atoms with Crippen molar-refractivity contribution in [1.29, 1.82) is 0 Å². The first kappa shape index (κ1) is 20.9. The SMILES string of the molecule is COc1ccc2c(O)c(C(=O)N(C)c3cccc(F)c3)c(=O)n(-c3ccc(O)cc3)c2c1. The van der Waals surface area contributed by atoms with Crippen LogP contribution in [0.25, 0.3) is 16.6 Å². The normalized spacial score (nSPS) is 10.8. The van der Waals surface area contributed by atoms with E-state index in [4.69, 9.17) is 4.74 Å². The molecule has 1 amide bonds. The van der Waals surface area contributed by atoms with Crippen LogP contribution < -0.4 is 15.2 Å². The Labute approximate surface area is 182 Å². The Morgan fingerprint density at radius 3 is 2.41 bits per heavy atom. The Morgan fingerprint density at radius 1 is 1.03 bits per heavy atom. The van der Waals surface area contributed by atoms with Crippen LogP contribution in [0.15, 0.2) is 71.5 Å². The molecule has 0 saturated carbocycles. The van der Waals surface area contributed by atoms with E-state index in [2.05, 4.69) is 0 Å². The first-order valence-corrected chi connectivity index (χ1v) is 9.60. The molecule has 0 radical (unpaired) electrons. The van der Waals surface area contributed by atoms with Crippen LogP contribution in [-0.2, 0) is 0 Å². The molecule has 0 aliphatic rings. The number of hydrogen-bond acceptors (Lipinski definition) is 5. The summed E-state index contributed by atoms with van der Waals surface area (Å²) in [5.41, 5.74) is -0.347. The number of carbonyl (C=O) groups is 1. The zero-order chi connectivity index (χ0) is 23.0. The Bertz CT molecular complexity index is 1400. The summed E-state index contributed by atoms with van der Waals surface area (Å²) in [6.45, 7) is 0. The lowest BCUT2D eigenvalue weighted by molar-refractivity contribution is 0.0989. The van der Waals surface area contributed by atoms with Crippen LogP contribution >= 0.6 is 0 Å². The van der Waals surface area contributed by atoms with Crippen LogP contribution in [0.3, 0.4) is 0 Å². The van der Waals surface area contributed by atoms with Gasteiger partial charge in [0.25, 0.3) is 11.5 Å². The highest BCUT2D eigenvalue weighted by Gasteiger charge is 2.26. The van der Waals surface area contributed by atoms with Crippen molar-refractivity contribution in [3.8, 4) is 22.9 Å². The molecule has 0 fully saturated rings. The zero-order valence-corrected chi connectivity index (χ0v) is 17.2. The van der Waals surface area contributed by atoms with Crippen LogP contribution in [0, 0.1) is 5.82 Å². The molecule has 0 aliphatic carbocycles. The molecule has 0 unspecified atom stereocenters. The van der Waals surface area contributed by atoms with Gasteiger partial charge in [-0.25, -0.2) is 4.39 Å². The number of ether oxygens (including phenoxy) is 1. The van der Waals surface area contributed by atoms with Gasteiger partial charge in [-0.15, -0.1) is 0 Å². The Morgan fingerprint density at radius 2 is 1.75 bits per heavy atom. The number of benzene rings is 3. The van der Waals surface area contributed by atoms with Crippen molar-refractivity contribution in [3.63, 3.8) is 0 Å². The number of anilines is 1. The van der Waals surface area contributed by atoms with Crippen LogP contribution in [0.5, 0.6) is 17.2 Å². The van der Waals surface area contributed by atoms with Crippen molar-refractivity contribution in [2.45, 2.75) is 0 Å². The highest BCUT2D eigenvalue weighted by molar-refractivity contribution is 6.10. The number of aromatic hydroxyl groups is 2. The summed E-state index contributed by atoms with van der Waals surface area (Å²) in [5, 5.41) is 20.8. The van der Waals surface area contributed by atoms with Crippen molar-refractivity contribution in [3.05, 3.63) is 88.5 Å². The average molecular weight is 434 g/mol. The quantitative estimate of drug-likeness (QED) is 0.509. The molecule has 3 aromatic carbocycles. The summed E-state index contributed by atoms with van der Waals surface area (Å²) in [4.78, 5) is 27.9. The number of methoxy groups -OCH3 is 1. The lowest BCUT2D eigenvalue weighted by Crippen LogP contribution is -2.34. The highest BCUT2D eigenvalue weighted by atomic mass is 19.1. The summed E-state index contributed by atoms with van der Waals surface area (Å²) in [5.74, 6) is -1.39. The fourth-order valence-electron chi connectivity index (χ4n) is 3.50. The van der Waals surface area contributed by atoms with Crippen molar-refractivity contribution in [2.75, 3.05) is 19.1 Å². The number of phenolic OH excluding ortho intramolecular Hbond substituents is 1. The van der Waals surface area contributed by atoms with Crippen LogP contribution in [0.1, 0.15) is 10.4 Å². The van der Waals surface area contributed by atoms with Crippen molar-refractivity contribution >= 4 is 22.5 Å². The fraction of sp³-hybridized carbons (Fsp3) is 0.0833. The molecule has 1 heterocycles. The highest BCUT2D eigenvalue weighted by Crippen LogP contribution is 2.32. The largest absolute Gasteiger partial charge is 0.508 e. The van der Waals surface area contributed by atoms with Gasteiger partial charge in [0, 0.05) is 29.9 Å². The molecule has 1 aromatic heterocycles. The molecule has 4 aromatic rings. The molecular weight excluding hydrogens is 415 g/mol. The second kappa shape index (κ2) is 8.07. The minimum Gasteiger partial charge on any atom is -0.508 e. The number of nitrogens with zero attached hydrogens (tertiary/aromatic N) is 2. The standard InChI is InChI=1S/C24H19FN2O5/c1-26(16-5-3-4-14(25)12-16)23(30)21-22(29)19-11-10-18(32-2)13-20(19)27(24(21)31)15-6-8-17(28)9-7-15/h3-13,28-29H,1-2H3. The Kier molecular flexibility index (Phi) is 5.28. The average Bonchev–Trinajstić information content (AvgIpc) is 2.79. The van der Waals surface area contributed by atoms with E-state index in [0.717, 1.165) is 11.0 Å². The lowest BCUT2D eigenvalue weighted by Gasteiger charge is -2.20. The van der Waals surface area contributed by atoms with Gasteiger partial charge in [0.1, 0.15) is 28.6 Å². The second-order valence-corrected chi connectivity index (χ2v) is 7.11. The van der Waals surface area contributed by atoms with Crippen molar-refractivity contribution < 1.29 is 24.1 Å². The van der Waals surface area contributed by atoms with E-state index in [1.807, 2.05) is 0 Å². The Hall–Kier alpha value is -4.33. The smallest absolute Gasteiger partial charge is 0.272 e. The zero-order valence-electron chi connectivity index (χ0n) is 17.2. The third-order valence-corrected chi connectivity index (χ3v) is 5.18. The third kappa shape index (κ3) is 3.51. The number of amides is 1. The van der Waals surface area contributed by atoms with Crippen molar-refractivity contribution in [2.24, 2.45) is 0 Å². The minimum atomic E-state index is -0.802. The minimum absolute atomic E-state index is 0.00426. The van der Waals surface area contributed by atoms with Crippen LogP contribution in [0.2, 0.25) is 0 Å². The van der Waals surface area contributed by atoms with Crippen LogP contribution in [-0.4, -0.2) is 34.8 Å². The monoisotopic (exact) mass is 434 g/mol. The summed E-state index contributed by atoms with van der Waals surface area (Å²) >= 11 is 0. The van der Waals surface area contributed by atoms with Gasteiger partial charge < -0.3 is 19.8 Å². The summed E-state index contributed by atoms with van der Waals surface area (Å²) in [6, 6.07) is 15.9. The van der Waals surface area contributed by atoms with Gasteiger partial charge in [-0.05, 0) is 54.6 Å². The maximum atomic E-state index is 13.7. The topological polar surface area (TPSA) is 92.0 Å². The van der Waals surface area contributed by atoms with E-state index >= 15 is 0 Å². The van der Waals surface area contributed by atoms with E-state index in [1.54, 1.807) is 18.2 Å². The lowest BCUT2D eigenvalue weighted by atomic mass is 10.1. The first-order chi connectivity index (χ1) is 15.3. The Balaban J connectivity index is 2.00. The van der Waals surface area contributed by atoms with Gasteiger partial charge in [-0.2, -0.15) is 0 Å². The molecule has 8 heteroatoms. The number of fused-ring (bicyclic) bond motifs is 1. The van der Waals surface area contributed by atoms with Gasteiger partial charge in [0.15, 0.2) is 0 Å². The molecule has 32 heavy (non-hydrogen) atoms. The molecule has 0 aliphatic heterocycles. The van der Waals surface area contributed by atoms with Gasteiger partial charge in [-0.1, -0.05) is 6.07 Å². The summed E-state index contributed by atoms with van der Waals surface area (Å²) < 4.78 is 20.2. The molecule has 7 nitrogen and oxygen atoms in total. The van der Waals surface area contributed by atoms with Gasteiger partial charge in [0.05, 0.1) is 12.6 Å². The molecule has 2 N–H and O–H groups in total. The van der Waals surface area contributed by atoms with Crippen molar-refractivity contribution in [1.82, 2.24) is 4.57 Å². The maximum Gasteiger partial charge on any atom is 0.272 e. The molecule has 0 saturated heterocycles. The summed E-state index contributed by atoms with van der Waals surface area (Å²) in [7, 11) is 2.86. The molecule has 0 atom stereocenters. The number of pyridine rings is 1.